The smallest absolute Gasteiger partial charge is 0.239 e. The third-order valence-corrected chi connectivity index (χ3v) is 2.80. The van der Waals surface area contributed by atoms with Gasteiger partial charge in [-0.3, -0.25) is 9.59 Å². The van der Waals surface area contributed by atoms with Crippen molar-refractivity contribution < 1.29 is 9.59 Å². The molecule has 0 radical (unpaired) electrons. The van der Waals surface area contributed by atoms with Crippen LogP contribution in [-0.2, 0) is 15.0 Å². The lowest BCUT2D eigenvalue weighted by Gasteiger charge is -2.24. The molecule has 0 saturated carbocycles. The van der Waals surface area contributed by atoms with E-state index in [9.17, 15) is 9.59 Å². The van der Waals surface area contributed by atoms with Crippen molar-refractivity contribution in [3.63, 3.8) is 0 Å². The molecule has 1 aromatic rings. The van der Waals surface area contributed by atoms with E-state index < -0.39 is 17.4 Å². The summed E-state index contributed by atoms with van der Waals surface area (Å²) < 4.78 is 0. The Morgan fingerprint density at radius 3 is 2.65 bits per heavy atom. The fraction of sp³-hybridized carbons (Fsp3) is 0.545. The van der Waals surface area contributed by atoms with E-state index in [1.807, 2.05) is 0 Å². The van der Waals surface area contributed by atoms with E-state index in [1.54, 1.807) is 27.0 Å². The highest BCUT2D eigenvalue weighted by atomic mass is 16.2. The van der Waals surface area contributed by atoms with Crippen molar-refractivity contribution in [2.75, 3.05) is 0 Å². The van der Waals surface area contributed by atoms with E-state index >= 15 is 0 Å². The van der Waals surface area contributed by atoms with E-state index in [-0.39, 0.29) is 5.91 Å². The molecule has 0 fully saturated rings. The summed E-state index contributed by atoms with van der Waals surface area (Å²) in [5.74, 6) is -0.784. The summed E-state index contributed by atoms with van der Waals surface area (Å²) in [5, 5.41) is 2.63. The van der Waals surface area contributed by atoms with E-state index in [2.05, 4.69) is 15.3 Å². The number of aromatic nitrogens is 2. The van der Waals surface area contributed by atoms with Crippen LogP contribution in [0.4, 0.5) is 0 Å². The lowest BCUT2D eigenvalue weighted by atomic mass is 9.88. The van der Waals surface area contributed by atoms with Crippen LogP contribution >= 0.6 is 0 Å². The molecule has 2 amide bonds. The van der Waals surface area contributed by atoms with Crippen molar-refractivity contribution in [3.8, 4) is 0 Å². The number of rotatable bonds is 5. The number of nitrogens with two attached hydrogens (primary N) is 1. The number of imidazole rings is 1. The van der Waals surface area contributed by atoms with Gasteiger partial charge < -0.3 is 16.0 Å². The molecule has 1 atom stereocenters. The minimum absolute atomic E-state index is 0.257. The number of nitrogens with zero attached hydrogens (tertiary/aromatic N) is 1. The summed E-state index contributed by atoms with van der Waals surface area (Å²) in [5.41, 5.74) is 5.09. The first-order valence-corrected chi connectivity index (χ1v) is 5.48. The van der Waals surface area contributed by atoms with Crippen molar-refractivity contribution in [1.29, 1.82) is 0 Å². The van der Waals surface area contributed by atoms with Gasteiger partial charge in [0.15, 0.2) is 0 Å². The Labute approximate surface area is 100.0 Å². The van der Waals surface area contributed by atoms with Crippen LogP contribution in [0.5, 0.6) is 0 Å². The zero-order chi connectivity index (χ0) is 13.1. The second kappa shape index (κ2) is 4.99. The summed E-state index contributed by atoms with van der Waals surface area (Å²) in [4.78, 5) is 29.9. The van der Waals surface area contributed by atoms with Gasteiger partial charge in [0.1, 0.15) is 6.04 Å². The lowest BCUT2D eigenvalue weighted by Crippen LogP contribution is -2.50. The average Bonchev–Trinajstić information content (AvgIpc) is 2.78. The van der Waals surface area contributed by atoms with Gasteiger partial charge in [0.25, 0.3) is 0 Å². The van der Waals surface area contributed by atoms with Crippen LogP contribution in [0.3, 0.4) is 0 Å². The van der Waals surface area contributed by atoms with Crippen LogP contribution in [0, 0.1) is 0 Å². The van der Waals surface area contributed by atoms with Crippen LogP contribution in [0.15, 0.2) is 12.5 Å². The molecule has 6 heteroatoms. The zero-order valence-electron chi connectivity index (χ0n) is 10.3. The summed E-state index contributed by atoms with van der Waals surface area (Å²) in [6, 6.07) is -0.635. The van der Waals surface area contributed by atoms with Crippen molar-refractivity contribution in [2.24, 2.45) is 5.73 Å². The Kier molecular flexibility index (Phi) is 3.88. The number of hydrogen-bond donors (Lipinski definition) is 3. The fourth-order valence-corrected chi connectivity index (χ4v) is 1.43. The normalized spacial score (nSPS) is 13.1. The Hall–Kier alpha value is -1.85. The van der Waals surface area contributed by atoms with Gasteiger partial charge in [-0.2, -0.15) is 0 Å². The molecular formula is C11H18N4O2. The predicted molar refractivity (Wildman–Crippen MR) is 63.0 cm³/mol. The topological polar surface area (TPSA) is 101 Å². The van der Waals surface area contributed by atoms with Gasteiger partial charge in [-0.25, -0.2) is 4.98 Å². The van der Waals surface area contributed by atoms with Crippen molar-refractivity contribution in [3.05, 3.63) is 18.2 Å². The molecule has 4 N–H and O–H groups in total. The molecule has 17 heavy (non-hydrogen) atoms. The molecule has 1 unspecified atom stereocenters. The van der Waals surface area contributed by atoms with Crippen LogP contribution < -0.4 is 11.1 Å². The number of hydrogen-bond acceptors (Lipinski definition) is 3. The molecule has 0 spiro atoms. The Morgan fingerprint density at radius 1 is 1.59 bits per heavy atom. The summed E-state index contributed by atoms with van der Waals surface area (Å²) >= 11 is 0. The minimum Gasteiger partial charge on any atom is -0.368 e. The molecular weight excluding hydrogens is 220 g/mol. The first-order valence-electron chi connectivity index (χ1n) is 5.48. The molecule has 0 aliphatic rings. The number of carbonyl (C=O) groups excluding carboxylic acids is 2. The zero-order valence-corrected chi connectivity index (χ0v) is 10.3. The molecule has 0 aliphatic heterocycles. The van der Waals surface area contributed by atoms with Gasteiger partial charge in [-0.05, 0) is 20.3 Å². The van der Waals surface area contributed by atoms with Crippen LogP contribution in [0.1, 0.15) is 32.9 Å². The molecule has 94 valence electrons. The van der Waals surface area contributed by atoms with Gasteiger partial charge in [0.2, 0.25) is 11.8 Å². The molecule has 0 aliphatic carbocycles. The molecule has 0 saturated heterocycles. The number of aromatic amines is 1. The van der Waals surface area contributed by atoms with Gasteiger partial charge in [0.05, 0.1) is 11.7 Å². The molecule has 6 nitrogen and oxygen atoms in total. The molecule has 0 aromatic carbocycles. The maximum absolute atomic E-state index is 12.1. The quantitative estimate of drug-likeness (QED) is 0.676. The average molecular weight is 238 g/mol. The maximum Gasteiger partial charge on any atom is 0.239 e. The monoisotopic (exact) mass is 238 g/mol. The minimum atomic E-state index is -0.778. The van der Waals surface area contributed by atoms with E-state index in [4.69, 9.17) is 5.73 Å². The number of amides is 2. The first-order chi connectivity index (χ1) is 7.89. The van der Waals surface area contributed by atoms with Gasteiger partial charge in [-0.15, -0.1) is 0 Å². The van der Waals surface area contributed by atoms with Crippen molar-refractivity contribution in [2.45, 2.75) is 38.6 Å². The van der Waals surface area contributed by atoms with Crippen LogP contribution in [-0.4, -0.2) is 27.8 Å². The molecule has 1 heterocycles. The number of primary amides is 1. The van der Waals surface area contributed by atoms with Gasteiger partial charge in [0, 0.05) is 11.9 Å². The molecule has 0 bridgehead atoms. The highest BCUT2D eigenvalue weighted by molar-refractivity contribution is 5.91. The largest absolute Gasteiger partial charge is 0.368 e. The predicted octanol–water partition coefficient (Wildman–Crippen LogP) is 0.0674. The molecule has 1 rings (SSSR count). The Morgan fingerprint density at radius 2 is 2.24 bits per heavy atom. The van der Waals surface area contributed by atoms with E-state index in [0.717, 1.165) is 0 Å². The second-order valence-electron chi connectivity index (χ2n) is 4.43. The Balaban J connectivity index is 2.79. The van der Waals surface area contributed by atoms with Gasteiger partial charge >= 0.3 is 0 Å². The van der Waals surface area contributed by atoms with Crippen molar-refractivity contribution in [1.82, 2.24) is 15.3 Å². The second-order valence-corrected chi connectivity index (χ2v) is 4.43. The van der Waals surface area contributed by atoms with E-state index in [1.165, 1.54) is 6.33 Å². The third-order valence-electron chi connectivity index (χ3n) is 2.80. The van der Waals surface area contributed by atoms with E-state index in [0.29, 0.717) is 12.1 Å². The highest BCUT2D eigenvalue weighted by Gasteiger charge is 2.33. The lowest BCUT2D eigenvalue weighted by molar-refractivity contribution is -0.130. The third kappa shape index (κ3) is 2.83. The molecule has 1 aromatic heterocycles. The fourth-order valence-electron chi connectivity index (χ4n) is 1.43. The van der Waals surface area contributed by atoms with Gasteiger partial charge in [-0.1, -0.05) is 6.92 Å². The first kappa shape index (κ1) is 13.2. The number of carbonyl (C=O) groups is 2. The highest BCUT2D eigenvalue weighted by Crippen LogP contribution is 2.20. The SMILES string of the molecule is CCC(NC(=O)C(C)(C)c1cnc[nH]1)C(N)=O. The van der Waals surface area contributed by atoms with Crippen LogP contribution in [0.25, 0.3) is 0 Å². The number of nitrogens with one attached hydrogen (secondary N) is 2. The van der Waals surface area contributed by atoms with Crippen LogP contribution in [0.2, 0.25) is 0 Å². The summed E-state index contributed by atoms with van der Waals surface area (Å²) in [6.45, 7) is 5.30. The summed E-state index contributed by atoms with van der Waals surface area (Å²) in [6.07, 6.45) is 3.57. The maximum atomic E-state index is 12.1. The number of H-pyrrole nitrogens is 1. The van der Waals surface area contributed by atoms with Crippen molar-refractivity contribution >= 4 is 11.8 Å². The summed E-state index contributed by atoms with van der Waals surface area (Å²) in [7, 11) is 0. The standard InChI is InChI=1S/C11H18N4O2/c1-4-7(9(12)16)15-10(17)11(2,3)8-5-13-6-14-8/h5-7H,4H2,1-3H3,(H2,12,16)(H,13,14)(H,15,17). The Bertz CT molecular complexity index is 398.